The molecule has 1 rings (SSSR count). The van der Waals surface area contributed by atoms with E-state index in [1.807, 2.05) is 0 Å². The van der Waals surface area contributed by atoms with Crippen molar-refractivity contribution < 1.29 is 0 Å². The monoisotopic (exact) mass is 226 g/mol. The molecule has 0 atom stereocenters. The van der Waals surface area contributed by atoms with Crippen LogP contribution in [0.15, 0.2) is 0 Å². The molecule has 1 aliphatic carbocycles. The van der Waals surface area contributed by atoms with E-state index in [1.165, 1.54) is 51.6 Å². The van der Waals surface area contributed by atoms with Gasteiger partial charge in [-0.2, -0.15) is 0 Å². The summed E-state index contributed by atoms with van der Waals surface area (Å²) in [5.74, 6) is 0.885. The molecular weight excluding hydrogens is 196 g/mol. The average Bonchev–Trinajstić information content (AvgIpc) is 2.32. The van der Waals surface area contributed by atoms with Crippen LogP contribution in [-0.4, -0.2) is 30.1 Å². The second kappa shape index (κ2) is 7.29. The molecule has 0 saturated heterocycles. The Morgan fingerprint density at radius 3 is 2.06 bits per heavy atom. The van der Waals surface area contributed by atoms with E-state index >= 15 is 0 Å². The molecule has 16 heavy (non-hydrogen) atoms. The van der Waals surface area contributed by atoms with Gasteiger partial charge >= 0.3 is 0 Å². The summed E-state index contributed by atoms with van der Waals surface area (Å²) in [6.07, 6.45) is 7.72. The minimum absolute atomic E-state index is 0.475. The van der Waals surface area contributed by atoms with Crippen molar-refractivity contribution in [3.8, 4) is 0 Å². The number of nitrogens with zero attached hydrogens (tertiary/aromatic N) is 1. The molecule has 0 amide bonds. The Morgan fingerprint density at radius 2 is 1.62 bits per heavy atom. The summed E-state index contributed by atoms with van der Waals surface area (Å²) in [5, 5.41) is 0. The van der Waals surface area contributed by atoms with E-state index in [2.05, 4.69) is 25.7 Å². The molecule has 0 unspecified atom stereocenters. The average molecular weight is 226 g/mol. The van der Waals surface area contributed by atoms with Gasteiger partial charge in [0, 0.05) is 18.6 Å². The molecule has 0 aromatic heterocycles. The molecule has 0 radical (unpaired) electrons. The molecule has 0 aromatic rings. The van der Waals surface area contributed by atoms with Gasteiger partial charge in [0.05, 0.1) is 0 Å². The van der Waals surface area contributed by atoms with Crippen LogP contribution in [0.5, 0.6) is 0 Å². The predicted molar refractivity (Wildman–Crippen MR) is 71.6 cm³/mol. The summed E-state index contributed by atoms with van der Waals surface area (Å²) in [4.78, 5) is 2.70. The largest absolute Gasteiger partial charge is 0.328 e. The van der Waals surface area contributed by atoms with E-state index in [-0.39, 0.29) is 0 Å². The second-order valence-corrected chi connectivity index (χ2v) is 5.34. The quantitative estimate of drug-likeness (QED) is 0.754. The Kier molecular flexibility index (Phi) is 6.37. The Bertz CT molecular complexity index is 170. The third-order valence-electron chi connectivity index (χ3n) is 4.31. The zero-order chi connectivity index (χ0) is 12.0. The number of rotatable bonds is 6. The third-order valence-corrected chi connectivity index (χ3v) is 4.31. The van der Waals surface area contributed by atoms with Crippen LogP contribution in [0, 0.1) is 5.92 Å². The smallest absolute Gasteiger partial charge is 0.00964 e. The van der Waals surface area contributed by atoms with Crippen LogP contribution in [0.25, 0.3) is 0 Å². The van der Waals surface area contributed by atoms with Gasteiger partial charge in [0.1, 0.15) is 0 Å². The van der Waals surface area contributed by atoms with Crippen LogP contribution in [0.2, 0.25) is 0 Å². The molecule has 0 spiro atoms. The molecule has 0 heterocycles. The third kappa shape index (κ3) is 4.06. The molecule has 96 valence electrons. The lowest BCUT2D eigenvalue weighted by atomic mass is 9.90. The van der Waals surface area contributed by atoms with Gasteiger partial charge in [0.2, 0.25) is 0 Å². The minimum atomic E-state index is 0.475. The van der Waals surface area contributed by atoms with Crippen molar-refractivity contribution in [2.24, 2.45) is 11.7 Å². The van der Waals surface area contributed by atoms with Crippen molar-refractivity contribution in [1.29, 1.82) is 0 Å². The maximum absolute atomic E-state index is 5.97. The van der Waals surface area contributed by atoms with Crippen LogP contribution in [-0.2, 0) is 0 Å². The Hall–Kier alpha value is -0.0800. The van der Waals surface area contributed by atoms with E-state index in [1.54, 1.807) is 0 Å². The Labute approximate surface area is 102 Å². The maximum atomic E-state index is 5.97. The summed E-state index contributed by atoms with van der Waals surface area (Å²) in [6, 6.07) is 1.29. The van der Waals surface area contributed by atoms with Gasteiger partial charge in [0.25, 0.3) is 0 Å². The summed E-state index contributed by atoms with van der Waals surface area (Å²) < 4.78 is 0. The first-order valence-corrected chi connectivity index (χ1v) is 7.20. The van der Waals surface area contributed by atoms with Crippen LogP contribution in [0.4, 0.5) is 0 Å². The highest BCUT2D eigenvalue weighted by molar-refractivity contribution is 4.81. The zero-order valence-corrected chi connectivity index (χ0v) is 11.4. The van der Waals surface area contributed by atoms with Gasteiger partial charge in [-0.1, -0.05) is 33.6 Å². The van der Waals surface area contributed by atoms with E-state index in [9.17, 15) is 0 Å². The molecule has 1 saturated carbocycles. The molecule has 0 aromatic carbocycles. The molecule has 0 aliphatic heterocycles. The van der Waals surface area contributed by atoms with Crippen LogP contribution >= 0.6 is 0 Å². The predicted octanol–water partition coefficient (Wildman–Crippen LogP) is 3.01. The molecule has 2 N–H and O–H groups in total. The summed E-state index contributed by atoms with van der Waals surface area (Å²) in [5.41, 5.74) is 5.97. The summed E-state index contributed by atoms with van der Waals surface area (Å²) in [7, 11) is 0. The topological polar surface area (TPSA) is 29.3 Å². The number of hydrogen-bond donors (Lipinski definition) is 1. The second-order valence-electron chi connectivity index (χ2n) is 5.34. The minimum Gasteiger partial charge on any atom is -0.328 e. The SMILES string of the molecule is CCC(CC)CN(CC)C1CCC(N)CC1. The molecule has 1 aliphatic rings. The van der Waals surface area contributed by atoms with Crippen molar-refractivity contribution in [3.63, 3.8) is 0 Å². The maximum Gasteiger partial charge on any atom is 0.00964 e. The van der Waals surface area contributed by atoms with Crippen molar-refractivity contribution in [1.82, 2.24) is 4.90 Å². The lowest BCUT2D eigenvalue weighted by Gasteiger charge is -2.37. The van der Waals surface area contributed by atoms with E-state index in [0.717, 1.165) is 12.0 Å². The number of nitrogens with two attached hydrogens (primary N) is 1. The molecule has 1 fully saturated rings. The van der Waals surface area contributed by atoms with Crippen molar-refractivity contribution in [2.45, 2.75) is 71.4 Å². The normalized spacial score (nSPS) is 26.6. The van der Waals surface area contributed by atoms with Gasteiger partial charge in [-0.3, -0.25) is 0 Å². The lowest BCUT2D eigenvalue weighted by molar-refractivity contribution is 0.132. The van der Waals surface area contributed by atoms with Crippen molar-refractivity contribution in [2.75, 3.05) is 13.1 Å². The zero-order valence-electron chi connectivity index (χ0n) is 11.4. The van der Waals surface area contributed by atoms with Gasteiger partial charge in [-0.15, -0.1) is 0 Å². The molecular formula is C14H30N2. The summed E-state index contributed by atoms with van der Waals surface area (Å²) >= 11 is 0. The van der Waals surface area contributed by atoms with Crippen LogP contribution < -0.4 is 5.73 Å². The standard InChI is InChI=1S/C14H30N2/c1-4-12(5-2)11-16(6-3)14-9-7-13(15)8-10-14/h12-14H,4-11,15H2,1-3H3. The molecule has 0 bridgehead atoms. The first-order valence-electron chi connectivity index (χ1n) is 7.20. The van der Waals surface area contributed by atoms with Crippen LogP contribution in [0.3, 0.4) is 0 Å². The van der Waals surface area contributed by atoms with E-state index < -0.39 is 0 Å². The van der Waals surface area contributed by atoms with Gasteiger partial charge in [-0.05, 0) is 38.1 Å². The fourth-order valence-corrected chi connectivity index (χ4v) is 2.88. The van der Waals surface area contributed by atoms with Crippen LogP contribution in [0.1, 0.15) is 59.3 Å². The highest BCUT2D eigenvalue weighted by atomic mass is 15.2. The fourth-order valence-electron chi connectivity index (χ4n) is 2.88. The van der Waals surface area contributed by atoms with Crippen molar-refractivity contribution >= 4 is 0 Å². The lowest BCUT2D eigenvalue weighted by Crippen LogP contribution is -2.42. The Balaban J connectivity index is 2.40. The highest BCUT2D eigenvalue weighted by Gasteiger charge is 2.24. The van der Waals surface area contributed by atoms with E-state index in [0.29, 0.717) is 6.04 Å². The molecule has 2 heteroatoms. The molecule has 2 nitrogen and oxygen atoms in total. The van der Waals surface area contributed by atoms with Crippen molar-refractivity contribution in [3.05, 3.63) is 0 Å². The van der Waals surface area contributed by atoms with E-state index in [4.69, 9.17) is 5.73 Å². The first-order chi connectivity index (χ1) is 7.71. The summed E-state index contributed by atoms with van der Waals surface area (Å²) in [6.45, 7) is 9.44. The van der Waals surface area contributed by atoms with Gasteiger partial charge in [-0.25, -0.2) is 0 Å². The van der Waals surface area contributed by atoms with Gasteiger partial charge in [0.15, 0.2) is 0 Å². The fraction of sp³-hybridized carbons (Fsp3) is 1.00. The Morgan fingerprint density at radius 1 is 1.06 bits per heavy atom. The first kappa shape index (κ1) is 14.0. The van der Waals surface area contributed by atoms with Gasteiger partial charge < -0.3 is 10.6 Å². The number of hydrogen-bond acceptors (Lipinski definition) is 2. The highest BCUT2D eigenvalue weighted by Crippen LogP contribution is 2.23.